The zero-order valence-corrected chi connectivity index (χ0v) is 20.5. The van der Waals surface area contributed by atoms with E-state index in [-0.39, 0.29) is 17.0 Å². The van der Waals surface area contributed by atoms with Gasteiger partial charge in [-0.3, -0.25) is 0 Å². The third kappa shape index (κ3) is 3.54. The molecule has 1 aromatic heterocycles. The van der Waals surface area contributed by atoms with Crippen molar-refractivity contribution in [2.45, 2.75) is 13.8 Å². The molecule has 0 radical (unpaired) electrons. The van der Waals surface area contributed by atoms with Gasteiger partial charge in [0.1, 0.15) is 7.05 Å². The largest absolute Gasteiger partial charge is 1.00 e. The van der Waals surface area contributed by atoms with Crippen LogP contribution >= 0.6 is 0 Å². The Morgan fingerprint density at radius 3 is 1.47 bits per heavy atom. The van der Waals surface area contributed by atoms with Crippen molar-refractivity contribution in [3.05, 3.63) is 65.7 Å². The number of nitrogens with zero attached hydrogens (tertiary/aromatic N) is 3. The van der Waals surface area contributed by atoms with Gasteiger partial charge in [0.2, 0.25) is 11.0 Å². The molecular weight excluding hydrogens is 434 g/mol. The quantitative estimate of drug-likeness (QED) is 0.340. The maximum Gasteiger partial charge on any atom is 0.215 e. The lowest BCUT2D eigenvalue weighted by atomic mass is 9.89. The Balaban J connectivity index is 0.00000256. The highest BCUT2D eigenvalue weighted by Crippen LogP contribution is 2.39. The van der Waals surface area contributed by atoms with Crippen molar-refractivity contribution in [2.24, 2.45) is 7.05 Å². The Morgan fingerprint density at radius 2 is 1.07 bits per heavy atom. The van der Waals surface area contributed by atoms with Gasteiger partial charge in [-0.2, -0.15) is 4.57 Å². The first kappa shape index (κ1) is 22.1. The van der Waals surface area contributed by atoms with Gasteiger partial charge in [0.15, 0.2) is 0 Å². The van der Waals surface area contributed by atoms with E-state index in [1.807, 2.05) is 0 Å². The van der Waals surface area contributed by atoms with Crippen LogP contribution < -0.4 is 31.3 Å². The molecule has 0 aliphatic carbocycles. The van der Waals surface area contributed by atoms with Crippen LogP contribution in [-0.2, 0) is 7.05 Å². The zero-order valence-electron chi connectivity index (χ0n) is 18.9. The van der Waals surface area contributed by atoms with Gasteiger partial charge in [-0.15, -0.1) is 0 Å². The second-order valence-electron chi connectivity index (χ2n) is 8.39. The summed E-state index contributed by atoms with van der Waals surface area (Å²) in [6.45, 7) is 4.44. The molecule has 0 aliphatic heterocycles. The monoisotopic (exact) mass is 463 g/mol. The van der Waals surface area contributed by atoms with E-state index in [0.29, 0.717) is 0 Å². The number of aromatic nitrogens is 1. The number of hydrogen-bond acceptors (Lipinski definition) is 2. The van der Waals surface area contributed by atoms with E-state index in [4.69, 9.17) is 0 Å². The Labute approximate surface area is 190 Å². The van der Waals surface area contributed by atoms with Crippen molar-refractivity contribution in [3.63, 3.8) is 0 Å². The van der Waals surface area contributed by atoms with Crippen LogP contribution in [0.25, 0.3) is 32.9 Å². The summed E-state index contributed by atoms with van der Waals surface area (Å²) in [4.78, 5) is 4.33. The SMILES string of the molecule is Cc1cccc(C)c1-c1c2ccc(N(C)C)cc2[n+](C)c2cc(N(C)C)ccc12.[Br-]. The molecule has 3 nitrogen and oxygen atoms in total. The van der Waals surface area contributed by atoms with Crippen molar-refractivity contribution in [1.82, 2.24) is 0 Å². The van der Waals surface area contributed by atoms with E-state index in [1.54, 1.807) is 0 Å². The summed E-state index contributed by atoms with van der Waals surface area (Å²) >= 11 is 0. The maximum atomic E-state index is 2.34. The van der Waals surface area contributed by atoms with Crippen molar-refractivity contribution >= 4 is 33.2 Å². The highest BCUT2D eigenvalue weighted by atomic mass is 79.9. The second-order valence-corrected chi connectivity index (χ2v) is 8.39. The third-order valence-electron chi connectivity index (χ3n) is 5.99. The predicted octanol–water partition coefficient (Wildman–Crippen LogP) is 2.24. The number of benzene rings is 3. The number of anilines is 2. The molecule has 156 valence electrons. The standard InChI is InChI=1S/C26H30N3.BrH/c1-17-9-8-10-18(2)25(17)26-21-13-11-19(27(3)4)15-23(21)29(7)24-16-20(28(5)6)12-14-22(24)26;/h8-16H,1-7H3;1H/q+1;/p-1. The molecule has 1 heterocycles. The lowest BCUT2D eigenvalue weighted by Gasteiger charge is -2.18. The molecule has 0 atom stereocenters. The van der Waals surface area contributed by atoms with E-state index in [9.17, 15) is 0 Å². The summed E-state index contributed by atoms with van der Waals surface area (Å²) in [5.41, 5.74) is 10.2. The summed E-state index contributed by atoms with van der Waals surface area (Å²) < 4.78 is 2.34. The minimum absolute atomic E-state index is 0. The third-order valence-corrected chi connectivity index (χ3v) is 5.99. The molecule has 3 aromatic carbocycles. The summed E-state index contributed by atoms with van der Waals surface area (Å²) in [6.07, 6.45) is 0. The first-order chi connectivity index (χ1) is 13.8. The average molecular weight is 464 g/mol. The molecule has 0 N–H and O–H groups in total. The minimum Gasteiger partial charge on any atom is -1.00 e. The molecule has 0 saturated carbocycles. The van der Waals surface area contributed by atoms with Gasteiger partial charge < -0.3 is 26.8 Å². The molecule has 4 aromatic rings. The van der Waals surface area contributed by atoms with Gasteiger partial charge >= 0.3 is 0 Å². The van der Waals surface area contributed by atoms with E-state index >= 15 is 0 Å². The van der Waals surface area contributed by atoms with Gasteiger partial charge in [0.05, 0.1) is 10.8 Å². The van der Waals surface area contributed by atoms with Crippen LogP contribution in [-0.4, -0.2) is 28.2 Å². The smallest absolute Gasteiger partial charge is 0.215 e. The molecule has 0 fully saturated rings. The first-order valence-electron chi connectivity index (χ1n) is 10.1. The summed E-state index contributed by atoms with van der Waals surface area (Å²) in [7, 11) is 10.6. The first-order valence-corrected chi connectivity index (χ1v) is 10.1. The van der Waals surface area contributed by atoms with Crippen molar-refractivity contribution in [2.75, 3.05) is 38.0 Å². The van der Waals surface area contributed by atoms with Crippen LogP contribution in [0.3, 0.4) is 0 Å². The molecular formula is C26H30BrN3. The van der Waals surface area contributed by atoms with Crippen molar-refractivity contribution in [3.8, 4) is 11.1 Å². The average Bonchev–Trinajstić information content (AvgIpc) is 2.69. The second kappa shape index (κ2) is 8.27. The fourth-order valence-electron chi connectivity index (χ4n) is 4.33. The molecule has 0 saturated heterocycles. The lowest BCUT2D eigenvalue weighted by Crippen LogP contribution is -3.00. The van der Waals surface area contributed by atoms with Crippen LogP contribution in [0.1, 0.15) is 11.1 Å². The normalized spacial score (nSPS) is 10.9. The van der Waals surface area contributed by atoms with Gasteiger partial charge in [0, 0.05) is 57.3 Å². The number of aryl methyl sites for hydroxylation is 3. The highest BCUT2D eigenvalue weighted by Gasteiger charge is 2.22. The molecule has 4 heteroatoms. The number of fused-ring (bicyclic) bond motifs is 2. The van der Waals surface area contributed by atoms with Crippen LogP contribution in [0.15, 0.2) is 54.6 Å². The van der Waals surface area contributed by atoms with Gasteiger partial charge in [0.25, 0.3) is 0 Å². The van der Waals surface area contributed by atoms with Crippen molar-refractivity contribution in [1.29, 1.82) is 0 Å². The molecule has 0 unspecified atom stereocenters. The topological polar surface area (TPSA) is 10.4 Å². The van der Waals surface area contributed by atoms with Crippen LogP contribution in [0.5, 0.6) is 0 Å². The zero-order chi connectivity index (χ0) is 20.9. The van der Waals surface area contributed by atoms with E-state index in [0.717, 1.165) is 0 Å². The van der Waals surface area contributed by atoms with Crippen molar-refractivity contribution < 1.29 is 21.5 Å². The van der Waals surface area contributed by atoms with Gasteiger partial charge in [-0.05, 0) is 54.8 Å². The Hall–Kier alpha value is -2.59. The minimum atomic E-state index is 0. The molecule has 0 spiro atoms. The van der Waals surface area contributed by atoms with Crippen LogP contribution in [0, 0.1) is 13.8 Å². The maximum absolute atomic E-state index is 2.34. The number of halogens is 1. The van der Waals surface area contributed by atoms with Gasteiger partial charge in [-0.1, -0.05) is 18.2 Å². The fourth-order valence-corrected chi connectivity index (χ4v) is 4.33. The van der Waals surface area contributed by atoms with Crippen LogP contribution in [0.2, 0.25) is 0 Å². The molecule has 4 rings (SSSR count). The lowest BCUT2D eigenvalue weighted by molar-refractivity contribution is -0.617. The molecule has 0 amide bonds. The molecule has 30 heavy (non-hydrogen) atoms. The molecule has 0 aliphatic rings. The number of rotatable bonds is 3. The van der Waals surface area contributed by atoms with Crippen LogP contribution in [0.4, 0.5) is 11.4 Å². The number of pyridine rings is 1. The Morgan fingerprint density at radius 1 is 0.633 bits per heavy atom. The summed E-state index contributed by atoms with van der Waals surface area (Å²) in [5.74, 6) is 0. The summed E-state index contributed by atoms with van der Waals surface area (Å²) in [5, 5.41) is 2.58. The number of hydrogen-bond donors (Lipinski definition) is 0. The highest BCUT2D eigenvalue weighted by molar-refractivity contribution is 6.09. The summed E-state index contributed by atoms with van der Waals surface area (Å²) in [6, 6.07) is 20.2. The van der Waals surface area contributed by atoms with E-state index in [2.05, 4.69) is 118 Å². The van der Waals surface area contributed by atoms with E-state index in [1.165, 1.54) is 55.4 Å². The molecule has 0 bridgehead atoms. The Kier molecular flexibility index (Phi) is 6.09. The fraction of sp³-hybridized carbons (Fsp3) is 0.269. The van der Waals surface area contributed by atoms with E-state index < -0.39 is 0 Å². The van der Waals surface area contributed by atoms with Gasteiger partial charge in [-0.25, -0.2) is 0 Å². The predicted molar refractivity (Wildman–Crippen MR) is 126 cm³/mol. The Bertz CT molecular complexity index is 1150.